The van der Waals surface area contributed by atoms with Crippen molar-refractivity contribution in [3.8, 4) is 0 Å². The van der Waals surface area contributed by atoms with Gasteiger partial charge in [0.25, 0.3) is 0 Å². The maximum absolute atomic E-state index is 9.76. The van der Waals surface area contributed by atoms with Crippen LogP contribution in [-0.2, 0) is 4.79 Å². The molecule has 122 valence electrons. The normalized spacial score (nSPS) is 11.6. The first kappa shape index (κ1) is 21.9. The molecule has 0 saturated heterocycles. The molecule has 1 unspecified atom stereocenters. The van der Waals surface area contributed by atoms with E-state index in [1.54, 1.807) is 0 Å². The Hall–Kier alpha value is -0.420. The van der Waals surface area contributed by atoms with E-state index in [9.17, 15) is 4.79 Å². The molecule has 0 saturated carbocycles. The third kappa shape index (κ3) is 19.9. The van der Waals surface area contributed by atoms with Gasteiger partial charge in [-0.3, -0.25) is 4.79 Å². The van der Waals surface area contributed by atoms with E-state index in [-0.39, 0.29) is 5.75 Å². The second-order valence-electron chi connectivity index (χ2n) is 3.95. The van der Waals surface area contributed by atoms with E-state index < -0.39 is 12.0 Å². The van der Waals surface area contributed by atoms with E-state index in [1.807, 2.05) is 0 Å². The fourth-order valence-electron chi connectivity index (χ4n) is 1.01. The summed E-state index contributed by atoms with van der Waals surface area (Å²) in [6, 6.07) is -0.816. The van der Waals surface area contributed by atoms with Crippen LogP contribution in [0, 0.1) is 0 Å². The first-order valence-electron chi connectivity index (χ1n) is 6.71. The molecule has 1 atom stereocenters. The van der Waals surface area contributed by atoms with Gasteiger partial charge in [0.1, 0.15) is 6.04 Å². The standard InChI is InChI=1S/C8H23N5.C3H7NO2S/c9-1-3-11-5-7-13-8-6-12-4-2-10;4-2(1-7)3(5)6/h11-13H,1-10H2;2,7H,1,4H2,(H,5,6). The quantitative estimate of drug-likeness (QED) is 0.140. The largest absolute Gasteiger partial charge is 0.480 e. The van der Waals surface area contributed by atoms with Crippen LogP contribution in [0.1, 0.15) is 0 Å². The Morgan fingerprint density at radius 3 is 1.50 bits per heavy atom. The molecule has 10 N–H and O–H groups in total. The smallest absolute Gasteiger partial charge is 0.321 e. The van der Waals surface area contributed by atoms with E-state index in [4.69, 9.17) is 22.3 Å². The maximum atomic E-state index is 9.76. The second-order valence-corrected chi connectivity index (χ2v) is 4.32. The third-order valence-corrected chi connectivity index (χ3v) is 2.51. The Kier molecular flexibility index (Phi) is 20.3. The minimum absolute atomic E-state index is 0.190. The molecule has 0 aromatic carbocycles. The van der Waals surface area contributed by atoms with Crippen molar-refractivity contribution in [2.45, 2.75) is 6.04 Å². The zero-order chi connectivity index (χ0) is 15.6. The zero-order valence-electron chi connectivity index (χ0n) is 12.0. The van der Waals surface area contributed by atoms with Crippen LogP contribution in [0.15, 0.2) is 0 Å². The number of rotatable bonds is 12. The highest BCUT2D eigenvalue weighted by atomic mass is 32.1. The second kappa shape index (κ2) is 18.6. The van der Waals surface area contributed by atoms with Crippen molar-refractivity contribution < 1.29 is 9.90 Å². The molecule has 0 amide bonds. The monoisotopic (exact) mass is 310 g/mol. The van der Waals surface area contributed by atoms with Gasteiger partial charge in [0, 0.05) is 58.1 Å². The first-order chi connectivity index (χ1) is 9.59. The lowest BCUT2D eigenvalue weighted by Crippen LogP contribution is -2.35. The number of hydrogen-bond acceptors (Lipinski definition) is 8. The third-order valence-electron chi connectivity index (χ3n) is 2.11. The average molecular weight is 310 g/mol. The van der Waals surface area contributed by atoms with Crippen LogP contribution in [0.3, 0.4) is 0 Å². The fourth-order valence-corrected chi connectivity index (χ4v) is 1.17. The van der Waals surface area contributed by atoms with Gasteiger partial charge in [-0.25, -0.2) is 0 Å². The van der Waals surface area contributed by atoms with Crippen molar-refractivity contribution in [1.29, 1.82) is 0 Å². The molecule has 9 heteroatoms. The lowest BCUT2D eigenvalue weighted by Gasteiger charge is -2.06. The highest BCUT2D eigenvalue weighted by molar-refractivity contribution is 7.80. The van der Waals surface area contributed by atoms with E-state index in [0.717, 1.165) is 39.3 Å². The van der Waals surface area contributed by atoms with Gasteiger partial charge in [0.05, 0.1) is 0 Å². The number of carboxylic acids is 1. The number of carbonyl (C=O) groups is 1. The van der Waals surface area contributed by atoms with Gasteiger partial charge in [-0.05, 0) is 0 Å². The van der Waals surface area contributed by atoms with Gasteiger partial charge in [-0.2, -0.15) is 12.6 Å². The van der Waals surface area contributed by atoms with Gasteiger partial charge in [-0.15, -0.1) is 0 Å². The lowest BCUT2D eigenvalue weighted by atomic mass is 10.4. The van der Waals surface area contributed by atoms with Crippen molar-refractivity contribution in [2.24, 2.45) is 17.2 Å². The van der Waals surface area contributed by atoms with Gasteiger partial charge >= 0.3 is 5.97 Å². The Morgan fingerprint density at radius 1 is 0.950 bits per heavy atom. The molecule has 8 nitrogen and oxygen atoms in total. The summed E-state index contributed by atoms with van der Waals surface area (Å²) < 4.78 is 0. The Morgan fingerprint density at radius 2 is 1.30 bits per heavy atom. The number of nitrogens with two attached hydrogens (primary N) is 3. The molecular formula is C11H30N6O2S. The highest BCUT2D eigenvalue weighted by Crippen LogP contribution is 1.80. The van der Waals surface area contributed by atoms with E-state index in [2.05, 4.69) is 28.6 Å². The van der Waals surface area contributed by atoms with E-state index in [0.29, 0.717) is 13.1 Å². The number of hydrogen-bond donors (Lipinski definition) is 8. The average Bonchev–Trinajstić information content (AvgIpc) is 2.45. The predicted octanol–water partition coefficient (Wildman–Crippen LogP) is -3.00. The molecule has 0 rings (SSSR count). The van der Waals surface area contributed by atoms with Crippen LogP contribution in [0.5, 0.6) is 0 Å². The van der Waals surface area contributed by atoms with E-state index in [1.165, 1.54) is 0 Å². The summed E-state index contributed by atoms with van der Waals surface area (Å²) in [6.07, 6.45) is 0. The van der Waals surface area contributed by atoms with Gasteiger partial charge in [0.15, 0.2) is 0 Å². The summed E-state index contributed by atoms with van der Waals surface area (Å²) in [5.74, 6) is -0.815. The summed E-state index contributed by atoms with van der Waals surface area (Å²) in [7, 11) is 0. The Bertz CT molecular complexity index is 201. The van der Waals surface area contributed by atoms with Crippen molar-refractivity contribution in [3.63, 3.8) is 0 Å². The molecule has 0 aliphatic carbocycles. The van der Waals surface area contributed by atoms with Gasteiger partial charge < -0.3 is 38.3 Å². The van der Waals surface area contributed by atoms with Crippen LogP contribution in [0.2, 0.25) is 0 Å². The van der Waals surface area contributed by atoms with Crippen LogP contribution in [0.25, 0.3) is 0 Å². The summed E-state index contributed by atoms with van der Waals surface area (Å²) in [5, 5.41) is 17.7. The summed E-state index contributed by atoms with van der Waals surface area (Å²) in [6.45, 7) is 7.15. The van der Waals surface area contributed by atoms with Gasteiger partial charge in [0.2, 0.25) is 0 Å². The molecule has 0 bridgehead atoms. The van der Waals surface area contributed by atoms with E-state index >= 15 is 0 Å². The number of carboxylic acid groups (broad SMARTS) is 1. The molecule has 0 heterocycles. The number of thiol groups is 1. The minimum atomic E-state index is -1.00. The topological polar surface area (TPSA) is 151 Å². The molecule has 0 fully saturated rings. The molecule has 0 aromatic heterocycles. The zero-order valence-corrected chi connectivity index (χ0v) is 12.9. The molecule has 0 aliphatic heterocycles. The molecule has 0 radical (unpaired) electrons. The maximum Gasteiger partial charge on any atom is 0.321 e. The predicted molar refractivity (Wildman–Crippen MR) is 86.2 cm³/mol. The van der Waals surface area contributed by atoms with Crippen molar-refractivity contribution in [2.75, 3.05) is 58.1 Å². The summed E-state index contributed by atoms with van der Waals surface area (Å²) >= 11 is 3.65. The van der Waals surface area contributed by atoms with Crippen molar-refractivity contribution in [1.82, 2.24) is 16.0 Å². The van der Waals surface area contributed by atoms with Crippen LogP contribution < -0.4 is 33.2 Å². The molecule has 0 spiro atoms. The minimum Gasteiger partial charge on any atom is -0.480 e. The van der Waals surface area contributed by atoms with Crippen LogP contribution in [0.4, 0.5) is 0 Å². The fraction of sp³-hybridized carbons (Fsp3) is 0.909. The van der Waals surface area contributed by atoms with Crippen LogP contribution in [-0.4, -0.2) is 75.2 Å². The van der Waals surface area contributed by atoms with Crippen molar-refractivity contribution >= 4 is 18.6 Å². The van der Waals surface area contributed by atoms with Gasteiger partial charge in [-0.1, -0.05) is 0 Å². The molecule has 0 aromatic rings. The molecular weight excluding hydrogens is 280 g/mol. The first-order valence-corrected chi connectivity index (χ1v) is 7.34. The Labute approximate surface area is 126 Å². The molecule has 0 aliphatic rings. The summed E-state index contributed by atoms with van der Waals surface area (Å²) in [4.78, 5) is 9.76. The van der Waals surface area contributed by atoms with Crippen molar-refractivity contribution in [3.05, 3.63) is 0 Å². The highest BCUT2D eigenvalue weighted by Gasteiger charge is 2.06. The summed E-state index contributed by atoms with van der Waals surface area (Å²) in [5.41, 5.74) is 15.6. The number of aliphatic carboxylic acids is 1. The lowest BCUT2D eigenvalue weighted by molar-refractivity contribution is -0.137. The Balaban J connectivity index is 0. The molecule has 20 heavy (non-hydrogen) atoms. The number of nitrogens with one attached hydrogen (secondary N) is 3. The van der Waals surface area contributed by atoms with Crippen LogP contribution >= 0.6 is 12.6 Å². The SMILES string of the molecule is NC(CS)C(=O)O.NCCNCCNCCNCCN.